The molecule has 0 radical (unpaired) electrons. The van der Waals surface area contributed by atoms with Gasteiger partial charge in [0.1, 0.15) is 12.4 Å². The molecule has 0 aromatic heterocycles. The SMILES string of the molecule is C=CCOC(=O)C1=C[C@H](c2ccc(F)cc2)C[C@H](OCc2ccc(CO)cc2)O1. The summed E-state index contributed by atoms with van der Waals surface area (Å²) in [6.07, 6.45) is 2.95. The summed E-state index contributed by atoms with van der Waals surface area (Å²) in [4.78, 5) is 12.3. The number of aliphatic hydroxyl groups is 1. The number of hydrogen-bond donors (Lipinski definition) is 1. The molecule has 0 saturated heterocycles. The molecule has 2 atom stereocenters. The number of carbonyl (C=O) groups excluding carboxylic acids is 1. The largest absolute Gasteiger partial charge is 0.458 e. The van der Waals surface area contributed by atoms with Gasteiger partial charge in [0.2, 0.25) is 12.0 Å². The van der Waals surface area contributed by atoms with E-state index in [4.69, 9.17) is 19.3 Å². The van der Waals surface area contributed by atoms with Gasteiger partial charge in [-0.15, -0.1) is 0 Å². The molecule has 29 heavy (non-hydrogen) atoms. The zero-order chi connectivity index (χ0) is 20.6. The minimum atomic E-state index is -0.668. The van der Waals surface area contributed by atoms with Crippen molar-refractivity contribution in [3.63, 3.8) is 0 Å². The van der Waals surface area contributed by atoms with Crippen LogP contribution in [0.2, 0.25) is 0 Å². The quantitative estimate of drug-likeness (QED) is 0.538. The predicted molar refractivity (Wildman–Crippen MR) is 105 cm³/mol. The number of ether oxygens (including phenoxy) is 3. The topological polar surface area (TPSA) is 65.0 Å². The van der Waals surface area contributed by atoms with Crippen molar-refractivity contribution in [2.45, 2.75) is 31.8 Å². The Bertz CT molecular complexity index is 858. The molecule has 1 N–H and O–H groups in total. The first-order chi connectivity index (χ1) is 14.1. The average Bonchev–Trinajstić information content (AvgIpc) is 2.76. The lowest BCUT2D eigenvalue weighted by atomic mass is 9.93. The van der Waals surface area contributed by atoms with E-state index in [1.807, 2.05) is 24.3 Å². The maximum atomic E-state index is 13.3. The molecule has 1 aliphatic heterocycles. The molecule has 6 heteroatoms. The highest BCUT2D eigenvalue weighted by Crippen LogP contribution is 2.32. The van der Waals surface area contributed by atoms with E-state index in [9.17, 15) is 9.18 Å². The number of carbonyl (C=O) groups is 1. The maximum absolute atomic E-state index is 13.3. The number of benzene rings is 2. The molecule has 1 heterocycles. The van der Waals surface area contributed by atoms with Crippen LogP contribution in [0.25, 0.3) is 0 Å². The van der Waals surface area contributed by atoms with Gasteiger partial charge in [0.05, 0.1) is 13.2 Å². The first-order valence-electron chi connectivity index (χ1n) is 9.31. The van der Waals surface area contributed by atoms with E-state index in [2.05, 4.69) is 6.58 Å². The highest BCUT2D eigenvalue weighted by molar-refractivity contribution is 5.86. The van der Waals surface area contributed by atoms with Gasteiger partial charge in [-0.1, -0.05) is 49.1 Å². The number of halogens is 1. The van der Waals surface area contributed by atoms with Gasteiger partial charge in [0, 0.05) is 12.3 Å². The Kier molecular flexibility index (Phi) is 7.16. The Morgan fingerprint density at radius 1 is 1.17 bits per heavy atom. The van der Waals surface area contributed by atoms with Gasteiger partial charge in [-0.25, -0.2) is 9.18 Å². The summed E-state index contributed by atoms with van der Waals surface area (Å²) >= 11 is 0. The van der Waals surface area contributed by atoms with E-state index in [0.29, 0.717) is 6.42 Å². The van der Waals surface area contributed by atoms with Crippen LogP contribution < -0.4 is 0 Å². The highest BCUT2D eigenvalue weighted by atomic mass is 19.1. The minimum absolute atomic E-state index is 0.0206. The van der Waals surface area contributed by atoms with Crippen molar-refractivity contribution in [1.29, 1.82) is 0 Å². The van der Waals surface area contributed by atoms with Gasteiger partial charge < -0.3 is 19.3 Å². The zero-order valence-corrected chi connectivity index (χ0v) is 15.9. The molecule has 5 nitrogen and oxygen atoms in total. The van der Waals surface area contributed by atoms with Crippen LogP contribution in [0.5, 0.6) is 0 Å². The van der Waals surface area contributed by atoms with Crippen LogP contribution in [-0.2, 0) is 32.2 Å². The molecular formula is C23H23FO5. The number of hydrogen-bond acceptors (Lipinski definition) is 5. The van der Waals surface area contributed by atoms with Crippen LogP contribution in [0.4, 0.5) is 4.39 Å². The number of allylic oxidation sites excluding steroid dienone is 1. The number of aliphatic hydroxyl groups excluding tert-OH is 1. The lowest BCUT2D eigenvalue weighted by Gasteiger charge is -2.29. The molecule has 0 saturated carbocycles. The summed E-state index contributed by atoms with van der Waals surface area (Å²) in [5.74, 6) is -1.04. The molecule has 152 valence electrons. The zero-order valence-electron chi connectivity index (χ0n) is 15.9. The molecule has 0 fully saturated rings. The fourth-order valence-corrected chi connectivity index (χ4v) is 2.98. The van der Waals surface area contributed by atoms with Crippen molar-refractivity contribution in [1.82, 2.24) is 0 Å². The summed E-state index contributed by atoms with van der Waals surface area (Å²) in [6.45, 7) is 3.86. The van der Waals surface area contributed by atoms with Crippen molar-refractivity contribution < 1.29 is 28.5 Å². The second kappa shape index (κ2) is 10.0. The van der Waals surface area contributed by atoms with Crippen LogP contribution in [-0.4, -0.2) is 24.0 Å². The fourth-order valence-electron chi connectivity index (χ4n) is 2.98. The van der Waals surface area contributed by atoms with Crippen molar-refractivity contribution >= 4 is 5.97 Å². The normalized spacial score (nSPS) is 18.5. The summed E-state index contributed by atoms with van der Waals surface area (Å²) in [5.41, 5.74) is 2.58. The molecule has 1 aliphatic rings. The lowest BCUT2D eigenvalue weighted by Crippen LogP contribution is -2.27. The maximum Gasteiger partial charge on any atom is 0.373 e. The minimum Gasteiger partial charge on any atom is -0.458 e. The summed E-state index contributed by atoms with van der Waals surface area (Å²) in [5, 5.41) is 9.13. The molecule has 3 rings (SSSR count). The summed E-state index contributed by atoms with van der Waals surface area (Å²) in [7, 11) is 0. The first-order valence-corrected chi connectivity index (χ1v) is 9.31. The van der Waals surface area contributed by atoms with Crippen molar-refractivity contribution in [2.75, 3.05) is 6.61 Å². The van der Waals surface area contributed by atoms with Crippen LogP contribution in [0.15, 0.2) is 73.0 Å². The van der Waals surface area contributed by atoms with Crippen LogP contribution >= 0.6 is 0 Å². The van der Waals surface area contributed by atoms with E-state index in [1.54, 1.807) is 18.2 Å². The molecule has 0 spiro atoms. The van der Waals surface area contributed by atoms with Gasteiger partial charge in [-0.05, 0) is 34.9 Å². The summed E-state index contributed by atoms with van der Waals surface area (Å²) < 4.78 is 29.9. The van der Waals surface area contributed by atoms with E-state index >= 15 is 0 Å². The van der Waals surface area contributed by atoms with E-state index < -0.39 is 12.3 Å². The third kappa shape index (κ3) is 5.76. The Hall–Kier alpha value is -2.96. The standard InChI is InChI=1S/C23H23FO5/c1-2-11-27-23(26)21-12-19(18-7-9-20(24)10-8-18)13-22(29-21)28-15-17-5-3-16(14-25)4-6-17/h2-10,12,19,22,25H,1,11,13-15H2/t19-,22+/m0/s1. The van der Waals surface area contributed by atoms with E-state index in [-0.39, 0.29) is 37.3 Å². The Morgan fingerprint density at radius 3 is 2.52 bits per heavy atom. The Labute approximate surface area is 169 Å². The van der Waals surface area contributed by atoms with Gasteiger partial charge >= 0.3 is 5.97 Å². The first kappa shape index (κ1) is 20.8. The molecule has 0 aliphatic carbocycles. The van der Waals surface area contributed by atoms with Crippen molar-refractivity contribution in [3.8, 4) is 0 Å². The van der Waals surface area contributed by atoms with Gasteiger partial charge in [0.15, 0.2) is 0 Å². The average molecular weight is 398 g/mol. The van der Waals surface area contributed by atoms with E-state index in [0.717, 1.165) is 16.7 Å². The second-order valence-corrected chi connectivity index (χ2v) is 6.64. The molecule has 0 unspecified atom stereocenters. The van der Waals surface area contributed by atoms with Crippen LogP contribution in [0, 0.1) is 5.82 Å². The van der Waals surface area contributed by atoms with Crippen molar-refractivity contribution in [2.24, 2.45) is 0 Å². The predicted octanol–water partition coefficient (Wildman–Crippen LogP) is 3.98. The molecule has 2 aromatic rings. The monoisotopic (exact) mass is 398 g/mol. The smallest absolute Gasteiger partial charge is 0.373 e. The molecular weight excluding hydrogens is 375 g/mol. The lowest BCUT2D eigenvalue weighted by molar-refractivity contribution is -0.163. The third-order valence-corrected chi connectivity index (χ3v) is 4.53. The summed E-state index contributed by atoms with van der Waals surface area (Å²) in [6, 6.07) is 13.5. The Morgan fingerprint density at radius 2 is 1.86 bits per heavy atom. The molecule has 2 aromatic carbocycles. The third-order valence-electron chi connectivity index (χ3n) is 4.53. The fraction of sp³-hybridized carbons (Fsp3) is 0.261. The highest BCUT2D eigenvalue weighted by Gasteiger charge is 2.29. The Balaban J connectivity index is 1.73. The van der Waals surface area contributed by atoms with Gasteiger partial charge in [-0.3, -0.25) is 0 Å². The van der Waals surface area contributed by atoms with Gasteiger partial charge in [0.25, 0.3) is 0 Å². The van der Waals surface area contributed by atoms with E-state index in [1.165, 1.54) is 18.2 Å². The number of rotatable bonds is 8. The molecule has 0 bridgehead atoms. The van der Waals surface area contributed by atoms with Crippen LogP contribution in [0.3, 0.4) is 0 Å². The second-order valence-electron chi connectivity index (χ2n) is 6.64. The van der Waals surface area contributed by atoms with Crippen molar-refractivity contribution in [3.05, 3.63) is 95.5 Å². The van der Waals surface area contributed by atoms with Gasteiger partial charge in [-0.2, -0.15) is 0 Å². The number of esters is 1. The van der Waals surface area contributed by atoms with Crippen LogP contribution in [0.1, 0.15) is 29.0 Å². The molecule has 0 amide bonds.